The number of Topliss-reactive ketones (excluding diaryl/α,β-unsaturated/α-hetero) is 1. The number of halogens is 2. The lowest BCUT2D eigenvalue weighted by Crippen LogP contribution is -2.21. The third-order valence-corrected chi connectivity index (χ3v) is 3.82. The molecule has 1 aliphatic carbocycles. The summed E-state index contributed by atoms with van der Waals surface area (Å²) in [4.78, 5) is 23.6. The monoisotopic (exact) mass is 331 g/mol. The van der Waals surface area contributed by atoms with E-state index in [0.717, 1.165) is 30.5 Å². The minimum absolute atomic E-state index is 0.107. The van der Waals surface area contributed by atoms with Crippen molar-refractivity contribution >= 4 is 17.4 Å². The van der Waals surface area contributed by atoms with E-state index in [0.29, 0.717) is 17.7 Å². The highest BCUT2D eigenvalue weighted by molar-refractivity contribution is 5.98. The van der Waals surface area contributed by atoms with Crippen molar-refractivity contribution in [2.24, 2.45) is 0 Å². The highest BCUT2D eigenvalue weighted by atomic mass is 19.1. The zero-order valence-electron chi connectivity index (χ0n) is 12.8. The Labute approximate surface area is 137 Å². The van der Waals surface area contributed by atoms with Crippen LogP contribution in [0.2, 0.25) is 0 Å². The van der Waals surface area contributed by atoms with Crippen LogP contribution in [-0.2, 0) is 11.2 Å². The van der Waals surface area contributed by atoms with Crippen molar-refractivity contribution in [3.63, 3.8) is 0 Å². The molecule has 2 aromatic carbocycles. The zero-order valence-corrected chi connectivity index (χ0v) is 12.8. The molecule has 0 saturated heterocycles. The lowest BCUT2D eigenvalue weighted by atomic mass is 9.91. The van der Waals surface area contributed by atoms with Crippen molar-refractivity contribution in [2.45, 2.75) is 19.3 Å². The molecule has 1 aliphatic rings. The standard InChI is InChI=1S/C18H15F2NO3/c19-14-4-2-5-15(20)18(14)21-17(23)10-24-12-7-8-13-11(9-12)3-1-6-16(13)22/h2,4-5,7-9H,1,3,6,10H2,(H,21,23). The molecule has 0 spiro atoms. The first-order valence-electron chi connectivity index (χ1n) is 7.57. The molecular formula is C18H15F2NO3. The van der Waals surface area contributed by atoms with Crippen LogP contribution in [0.15, 0.2) is 36.4 Å². The van der Waals surface area contributed by atoms with Gasteiger partial charge in [-0.05, 0) is 48.7 Å². The number of hydrogen-bond donors (Lipinski definition) is 1. The number of benzene rings is 2. The average Bonchev–Trinajstić information content (AvgIpc) is 2.56. The third kappa shape index (κ3) is 3.42. The number of carbonyl (C=O) groups is 2. The molecule has 0 unspecified atom stereocenters. The molecule has 6 heteroatoms. The van der Waals surface area contributed by atoms with E-state index < -0.39 is 23.2 Å². The molecule has 0 saturated carbocycles. The van der Waals surface area contributed by atoms with Gasteiger partial charge in [0.1, 0.15) is 23.1 Å². The van der Waals surface area contributed by atoms with Crippen LogP contribution < -0.4 is 10.1 Å². The number of rotatable bonds is 4. The van der Waals surface area contributed by atoms with E-state index in [1.807, 2.05) is 0 Å². The van der Waals surface area contributed by atoms with Crippen molar-refractivity contribution in [3.8, 4) is 5.75 Å². The highest BCUT2D eigenvalue weighted by Gasteiger charge is 2.18. The summed E-state index contributed by atoms with van der Waals surface area (Å²) in [5.41, 5.74) is 1.08. The van der Waals surface area contributed by atoms with Gasteiger partial charge in [-0.2, -0.15) is 0 Å². The van der Waals surface area contributed by atoms with Crippen LogP contribution in [0.1, 0.15) is 28.8 Å². The maximum absolute atomic E-state index is 13.5. The van der Waals surface area contributed by atoms with Crippen molar-refractivity contribution in [3.05, 3.63) is 59.2 Å². The summed E-state index contributed by atoms with van der Waals surface area (Å²) in [5, 5.41) is 2.15. The summed E-state index contributed by atoms with van der Waals surface area (Å²) in [7, 11) is 0. The first-order valence-corrected chi connectivity index (χ1v) is 7.57. The van der Waals surface area contributed by atoms with E-state index in [4.69, 9.17) is 4.74 Å². The van der Waals surface area contributed by atoms with Crippen molar-refractivity contribution in [1.82, 2.24) is 0 Å². The van der Waals surface area contributed by atoms with E-state index in [1.54, 1.807) is 18.2 Å². The molecule has 1 N–H and O–H groups in total. The van der Waals surface area contributed by atoms with Gasteiger partial charge in [0.2, 0.25) is 0 Å². The summed E-state index contributed by atoms with van der Waals surface area (Å²) in [6, 6.07) is 8.34. The smallest absolute Gasteiger partial charge is 0.262 e. The topological polar surface area (TPSA) is 55.4 Å². The quantitative estimate of drug-likeness (QED) is 0.933. The molecule has 0 aromatic heterocycles. The second kappa shape index (κ2) is 6.78. The van der Waals surface area contributed by atoms with Crippen LogP contribution in [0.3, 0.4) is 0 Å². The van der Waals surface area contributed by atoms with E-state index in [2.05, 4.69) is 5.32 Å². The Kier molecular flexibility index (Phi) is 4.55. The Hall–Kier alpha value is -2.76. The van der Waals surface area contributed by atoms with Gasteiger partial charge in [-0.3, -0.25) is 9.59 Å². The molecule has 0 heterocycles. The maximum Gasteiger partial charge on any atom is 0.262 e. The Bertz CT molecular complexity index is 785. The second-order valence-corrected chi connectivity index (χ2v) is 5.53. The second-order valence-electron chi connectivity index (χ2n) is 5.53. The van der Waals surface area contributed by atoms with Crippen LogP contribution in [0.4, 0.5) is 14.5 Å². The molecule has 124 valence electrons. The van der Waals surface area contributed by atoms with Crippen molar-refractivity contribution in [1.29, 1.82) is 0 Å². The summed E-state index contributed by atoms with van der Waals surface area (Å²) >= 11 is 0. The van der Waals surface area contributed by atoms with Crippen LogP contribution in [0.5, 0.6) is 5.75 Å². The molecule has 0 atom stereocenters. The van der Waals surface area contributed by atoms with Gasteiger partial charge in [0.05, 0.1) is 0 Å². The number of hydrogen-bond acceptors (Lipinski definition) is 3. The van der Waals surface area contributed by atoms with Gasteiger partial charge in [0.25, 0.3) is 5.91 Å². The number of fused-ring (bicyclic) bond motifs is 1. The molecule has 0 bridgehead atoms. The van der Waals surface area contributed by atoms with E-state index >= 15 is 0 Å². The van der Waals surface area contributed by atoms with Gasteiger partial charge in [0.15, 0.2) is 12.4 Å². The van der Waals surface area contributed by atoms with Crippen LogP contribution in [0.25, 0.3) is 0 Å². The summed E-state index contributed by atoms with van der Waals surface area (Å²) < 4.78 is 32.3. The number of amides is 1. The molecule has 1 amide bonds. The van der Waals surface area contributed by atoms with Gasteiger partial charge in [-0.1, -0.05) is 6.07 Å². The molecule has 4 nitrogen and oxygen atoms in total. The minimum atomic E-state index is -0.851. The fourth-order valence-corrected chi connectivity index (χ4v) is 2.65. The largest absolute Gasteiger partial charge is 0.484 e. The first kappa shape index (κ1) is 16.1. The SMILES string of the molecule is O=C(COc1ccc2c(c1)CCCC2=O)Nc1c(F)cccc1F. The van der Waals surface area contributed by atoms with Crippen molar-refractivity contribution < 1.29 is 23.1 Å². The normalized spacial score (nSPS) is 13.3. The number of anilines is 1. The van der Waals surface area contributed by atoms with Gasteiger partial charge in [-0.15, -0.1) is 0 Å². The van der Waals surface area contributed by atoms with Crippen LogP contribution in [0, 0.1) is 11.6 Å². The van der Waals surface area contributed by atoms with Crippen LogP contribution in [-0.4, -0.2) is 18.3 Å². The van der Waals surface area contributed by atoms with E-state index in [1.165, 1.54) is 6.07 Å². The fraction of sp³-hybridized carbons (Fsp3) is 0.222. The first-order chi connectivity index (χ1) is 11.5. The molecule has 2 aromatic rings. The summed E-state index contributed by atoms with van der Waals surface area (Å²) in [6.45, 7) is -0.388. The van der Waals surface area contributed by atoms with Gasteiger partial charge in [0, 0.05) is 12.0 Å². The molecule has 24 heavy (non-hydrogen) atoms. The van der Waals surface area contributed by atoms with E-state index in [9.17, 15) is 18.4 Å². The number of aryl methyl sites for hydroxylation is 1. The molecule has 0 aliphatic heterocycles. The molecule has 3 rings (SSSR count). The number of nitrogens with one attached hydrogen (secondary N) is 1. The molecule has 0 radical (unpaired) electrons. The Balaban J connectivity index is 1.63. The highest BCUT2D eigenvalue weighted by Crippen LogP contribution is 2.25. The predicted molar refractivity (Wildman–Crippen MR) is 84.2 cm³/mol. The maximum atomic E-state index is 13.5. The Morgan fingerprint density at radius 3 is 2.62 bits per heavy atom. The molecule has 0 fully saturated rings. The average molecular weight is 331 g/mol. The third-order valence-electron chi connectivity index (χ3n) is 3.82. The Morgan fingerprint density at radius 2 is 1.88 bits per heavy atom. The minimum Gasteiger partial charge on any atom is -0.484 e. The fourth-order valence-electron chi connectivity index (χ4n) is 2.65. The lowest BCUT2D eigenvalue weighted by Gasteiger charge is -2.16. The lowest BCUT2D eigenvalue weighted by molar-refractivity contribution is -0.118. The number of ether oxygens (including phenoxy) is 1. The number of carbonyl (C=O) groups excluding carboxylic acids is 2. The van der Waals surface area contributed by atoms with Crippen LogP contribution >= 0.6 is 0 Å². The zero-order chi connectivity index (χ0) is 17.1. The van der Waals surface area contributed by atoms with Gasteiger partial charge in [-0.25, -0.2) is 8.78 Å². The number of ketones is 1. The summed E-state index contributed by atoms with van der Waals surface area (Å²) in [5.74, 6) is -1.83. The van der Waals surface area contributed by atoms with Crippen molar-refractivity contribution in [2.75, 3.05) is 11.9 Å². The predicted octanol–water partition coefficient (Wildman–Crippen LogP) is 3.50. The van der Waals surface area contributed by atoms with Gasteiger partial charge < -0.3 is 10.1 Å². The number of para-hydroxylation sites is 1. The molecular weight excluding hydrogens is 316 g/mol. The Morgan fingerprint density at radius 1 is 1.12 bits per heavy atom. The summed E-state index contributed by atoms with van der Waals surface area (Å²) in [6.07, 6.45) is 2.12. The van der Waals surface area contributed by atoms with Gasteiger partial charge >= 0.3 is 0 Å². The van der Waals surface area contributed by atoms with E-state index in [-0.39, 0.29) is 12.4 Å².